The van der Waals surface area contributed by atoms with Crippen LogP contribution in [-0.4, -0.2) is 47.8 Å². The fourth-order valence-electron chi connectivity index (χ4n) is 4.65. The third-order valence-corrected chi connectivity index (χ3v) is 6.45. The van der Waals surface area contributed by atoms with Crippen molar-refractivity contribution in [3.8, 4) is 0 Å². The molecule has 34 heavy (non-hydrogen) atoms. The Bertz CT molecular complexity index is 1080. The molecule has 1 spiro atoms. The van der Waals surface area contributed by atoms with E-state index in [2.05, 4.69) is 17.0 Å². The fraction of sp³-hybridized carbons (Fsp3) is 0.370. The highest BCUT2D eigenvalue weighted by atomic mass is 19.1. The number of halogens is 1. The van der Waals surface area contributed by atoms with E-state index in [0.717, 1.165) is 11.3 Å². The summed E-state index contributed by atoms with van der Waals surface area (Å²) in [5.74, 6) is 0.205. The molecule has 0 aliphatic carbocycles. The maximum Gasteiger partial charge on any atom is 0.289 e. The minimum Gasteiger partial charge on any atom is -0.455 e. The first-order valence-electron chi connectivity index (χ1n) is 11.8. The van der Waals surface area contributed by atoms with E-state index in [-0.39, 0.29) is 11.7 Å². The molecule has 0 radical (unpaired) electrons. The van der Waals surface area contributed by atoms with Crippen molar-refractivity contribution in [3.05, 3.63) is 95.2 Å². The van der Waals surface area contributed by atoms with Crippen molar-refractivity contribution >= 4 is 5.91 Å². The van der Waals surface area contributed by atoms with Crippen LogP contribution in [0.1, 0.15) is 40.3 Å². The highest BCUT2D eigenvalue weighted by molar-refractivity contribution is 5.91. The minimum absolute atomic E-state index is 0.104. The van der Waals surface area contributed by atoms with Gasteiger partial charge in [0.2, 0.25) is 0 Å². The Morgan fingerprint density at radius 2 is 1.50 bits per heavy atom. The van der Waals surface area contributed by atoms with Gasteiger partial charge < -0.3 is 18.8 Å². The Kier molecular flexibility index (Phi) is 6.76. The van der Waals surface area contributed by atoms with Crippen molar-refractivity contribution in [2.75, 3.05) is 26.3 Å². The number of benzene rings is 2. The summed E-state index contributed by atoms with van der Waals surface area (Å²) in [5.41, 5.74) is 2.19. The average Bonchev–Trinajstić information content (AvgIpc) is 3.51. The Morgan fingerprint density at radius 3 is 2.18 bits per heavy atom. The topological polar surface area (TPSA) is 55.2 Å². The first-order chi connectivity index (χ1) is 16.6. The normalized spacial score (nSPS) is 17.5. The standard InChI is InChI=1S/C27H29FN2O4/c28-23-8-6-22(7-9-23)19-29(18-21-4-2-1-3-5-21)20-24-10-11-25(34-24)26(31)30-14-12-27(13-15-30)32-16-17-33-27/h1-11H,12-20H2. The maximum atomic E-state index is 13.4. The van der Waals surface area contributed by atoms with Crippen LogP contribution in [0.2, 0.25) is 0 Å². The second kappa shape index (κ2) is 10.1. The lowest BCUT2D eigenvalue weighted by Gasteiger charge is -2.37. The smallest absolute Gasteiger partial charge is 0.289 e. The number of rotatable bonds is 7. The molecule has 2 aromatic carbocycles. The molecule has 2 aliphatic rings. The number of likely N-dealkylation sites (tertiary alicyclic amines) is 1. The zero-order valence-corrected chi connectivity index (χ0v) is 19.1. The second-order valence-corrected chi connectivity index (χ2v) is 8.92. The Labute approximate surface area is 198 Å². The predicted molar refractivity (Wildman–Crippen MR) is 124 cm³/mol. The summed E-state index contributed by atoms with van der Waals surface area (Å²) in [5, 5.41) is 0. The molecule has 2 aliphatic heterocycles. The quantitative estimate of drug-likeness (QED) is 0.512. The van der Waals surface area contributed by atoms with E-state index in [9.17, 15) is 9.18 Å². The molecule has 6 nitrogen and oxygen atoms in total. The molecule has 1 aromatic heterocycles. The molecule has 3 aromatic rings. The van der Waals surface area contributed by atoms with Crippen molar-refractivity contribution in [2.24, 2.45) is 0 Å². The van der Waals surface area contributed by atoms with E-state index in [1.807, 2.05) is 24.3 Å². The summed E-state index contributed by atoms with van der Waals surface area (Å²) >= 11 is 0. The SMILES string of the molecule is O=C(c1ccc(CN(Cc2ccccc2)Cc2ccc(F)cc2)o1)N1CCC2(CC1)OCCO2. The zero-order chi connectivity index (χ0) is 23.4. The number of nitrogens with zero attached hydrogens (tertiary/aromatic N) is 2. The van der Waals surface area contributed by atoms with Gasteiger partial charge in [0, 0.05) is 39.0 Å². The highest BCUT2D eigenvalue weighted by Gasteiger charge is 2.41. The van der Waals surface area contributed by atoms with Gasteiger partial charge in [0.25, 0.3) is 5.91 Å². The monoisotopic (exact) mass is 464 g/mol. The molecule has 0 bridgehead atoms. The first-order valence-corrected chi connectivity index (χ1v) is 11.8. The van der Waals surface area contributed by atoms with E-state index in [4.69, 9.17) is 13.9 Å². The maximum absolute atomic E-state index is 13.4. The summed E-state index contributed by atoms with van der Waals surface area (Å²) < 4.78 is 30.9. The molecule has 1 amide bonds. The third-order valence-electron chi connectivity index (χ3n) is 6.45. The lowest BCUT2D eigenvalue weighted by atomic mass is 10.0. The molecule has 3 heterocycles. The molecule has 0 unspecified atom stereocenters. The minimum atomic E-state index is -0.511. The zero-order valence-electron chi connectivity index (χ0n) is 19.1. The molecule has 178 valence electrons. The summed E-state index contributed by atoms with van der Waals surface area (Å²) in [6.07, 6.45) is 1.35. The lowest BCUT2D eigenvalue weighted by Crippen LogP contribution is -2.47. The highest BCUT2D eigenvalue weighted by Crippen LogP contribution is 2.32. The third kappa shape index (κ3) is 5.38. The van der Waals surface area contributed by atoms with Crippen LogP contribution in [0.15, 0.2) is 71.1 Å². The largest absolute Gasteiger partial charge is 0.455 e. The van der Waals surface area contributed by atoms with Gasteiger partial charge in [-0.2, -0.15) is 0 Å². The number of hydrogen-bond acceptors (Lipinski definition) is 5. The average molecular weight is 465 g/mol. The molecule has 7 heteroatoms. The number of ether oxygens (including phenoxy) is 2. The second-order valence-electron chi connectivity index (χ2n) is 8.92. The van der Waals surface area contributed by atoms with Crippen molar-refractivity contribution in [2.45, 2.75) is 38.3 Å². The molecule has 0 saturated carbocycles. The van der Waals surface area contributed by atoms with Crippen LogP contribution in [-0.2, 0) is 29.1 Å². The van der Waals surface area contributed by atoms with E-state index in [1.54, 1.807) is 23.1 Å². The van der Waals surface area contributed by atoms with Crippen LogP contribution >= 0.6 is 0 Å². The van der Waals surface area contributed by atoms with Gasteiger partial charge in [-0.15, -0.1) is 0 Å². The summed E-state index contributed by atoms with van der Waals surface area (Å²) in [6.45, 7) is 4.27. The van der Waals surface area contributed by atoms with Gasteiger partial charge in [0.1, 0.15) is 11.6 Å². The summed E-state index contributed by atoms with van der Waals surface area (Å²) in [7, 11) is 0. The van der Waals surface area contributed by atoms with Gasteiger partial charge in [0.05, 0.1) is 19.8 Å². The number of hydrogen-bond donors (Lipinski definition) is 0. The van der Waals surface area contributed by atoms with Crippen LogP contribution in [0.4, 0.5) is 4.39 Å². The van der Waals surface area contributed by atoms with Crippen LogP contribution in [0.3, 0.4) is 0 Å². The predicted octanol–water partition coefficient (Wildman–Crippen LogP) is 4.60. The van der Waals surface area contributed by atoms with E-state index in [0.29, 0.717) is 64.5 Å². The van der Waals surface area contributed by atoms with Crippen molar-refractivity contribution in [3.63, 3.8) is 0 Å². The number of furan rings is 1. The molecule has 0 N–H and O–H groups in total. The first kappa shape index (κ1) is 22.8. The lowest BCUT2D eigenvalue weighted by molar-refractivity contribution is -0.181. The molecule has 5 rings (SSSR count). The molecule has 2 saturated heterocycles. The van der Waals surface area contributed by atoms with E-state index >= 15 is 0 Å². The Balaban J connectivity index is 1.25. The van der Waals surface area contributed by atoms with E-state index in [1.165, 1.54) is 17.7 Å². The molecular formula is C27H29FN2O4. The molecule has 0 atom stereocenters. The summed E-state index contributed by atoms with van der Waals surface area (Å²) in [6, 6.07) is 20.3. The Hall–Kier alpha value is -3.00. The van der Waals surface area contributed by atoms with Crippen molar-refractivity contribution in [1.29, 1.82) is 0 Å². The van der Waals surface area contributed by atoms with E-state index < -0.39 is 5.79 Å². The van der Waals surface area contributed by atoms with Gasteiger partial charge in [-0.3, -0.25) is 9.69 Å². The van der Waals surface area contributed by atoms with Crippen LogP contribution in [0.25, 0.3) is 0 Å². The van der Waals surface area contributed by atoms with Crippen LogP contribution in [0, 0.1) is 5.82 Å². The fourth-order valence-corrected chi connectivity index (χ4v) is 4.65. The van der Waals surface area contributed by atoms with Gasteiger partial charge in [-0.05, 0) is 35.4 Å². The summed E-state index contributed by atoms with van der Waals surface area (Å²) in [4.78, 5) is 17.0. The van der Waals surface area contributed by atoms with Crippen LogP contribution < -0.4 is 0 Å². The number of piperidine rings is 1. The van der Waals surface area contributed by atoms with Crippen molar-refractivity contribution in [1.82, 2.24) is 9.80 Å². The number of carbonyl (C=O) groups is 1. The van der Waals surface area contributed by atoms with Crippen molar-refractivity contribution < 1.29 is 23.1 Å². The van der Waals surface area contributed by atoms with Gasteiger partial charge >= 0.3 is 0 Å². The molecule has 2 fully saturated rings. The van der Waals surface area contributed by atoms with Gasteiger partial charge in [-0.25, -0.2) is 4.39 Å². The number of carbonyl (C=O) groups excluding carboxylic acids is 1. The van der Waals surface area contributed by atoms with Gasteiger partial charge in [0.15, 0.2) is 11.5 Å². The molecular weight excluding hydrogens is 435 g/mol. The van der Waals surface area contributed by atoms with Crippen LogP contribution in [0.5, 0.6) is 0 Å². The number of amides is 1. The van der Waals surface area contributed by atoms with Gasteiger partial charge in [-0.1, -0.05) is 42.5 Å². The Morgan fingerprint density at radius 1 is 0.853 bits per heavy atom.